The second-order valence-corrected chi connectivity index (χ2v) is 8.61. The number of carbonyl (C=O) groups excluding carboxylic acids is 1. The molecular formula is C21H25N3OS. The number of hydrogen-bond acceptors (Lipinski definition) is 4. The molecule has 5 heteroatoms. The predicted molar refractivity (Wildman–Crippen MR) is 106 cm³/mol. The Morgan fingerprint density at radius 1 is 1.27 bits per heavy atom. The molecule has 3 rings (SSSR count). The number of para-hydroxylation sites is 1. The van der Waals surface area contributed by atoms with Gasteiger partial charge in [0, 0.05) is 5.39 Å². The number of nitrogens with zero attached hydrogens (tertiary/aromatic N) is 2. The van der Waals surface area contributed by atoms with Crippen molar-refractivity contribution in [3.05, 3.63) is 35.4 Å². The summed E-state index contributed by atoms with van der Waals surface area (Å²) in [7, 11) is 0. The monoisotopic (exact) mass is 367 g/mol. The van der Waals surface area contributed by atoms with Crippen LogP contribution in [-0.2, 0) is 4.79 Å². The number of benzene rings is 1. The molecule has 1 amide bonds. The zero-order valence-corrected chi connectivity index (χ0v) is 16.4. The van der Waals surface area contributed by atoms with Gasteiger partial charge < -0.3 is 5.32 Å². The maximum absolute atomic E-state index is 12.7. The third kappa shape index (κ3) is 3.86. The quantitative estimate of drug-likeness (QED) is 0.797. The molecule has 1 aliphatic rings. The molecule has 1 aliphatic carbocycles. The lowest BCUT2D eigenvalue weighted by Crippen LogP contribution is -2.50. The maximum atomic E-state index is 12.7. The number of thioether (sulfide) groups is 1. The lowest BCUT2D eigenvalue weighted by molar-refractivity contribution is -0.121. The molecule has 4 nitrogen and oxygen atoms in total. The summed E-state index contributed by atoms with van der Waals surface area (Å²) in [6.45, 7) is 6.01. The molecule has 1 unspecified atom stereocenters. The van der Waals surface area contributed by atoms with E-state index in [1.54, 1.807) is 0 Å². The molecule has 0 bridgehead atoms. The molecule has 1 aromatic carbocycles. The van der Waals surface area contributed by atoms with Crippen LogP contribution in [0.3, 0.4) is 0 Å². The van der Waals surface area contributed by atoms with Crippen molar-refractivity contribution in [3.63, 3.8) is 0 Å². The van der Waals surface area contributed by atoms with Crippen LogP contribution in [0.25, 0.3) is 10.9 Å². The van der Waals surface area contributed by atoms with Crippen molar-refractivity contribution < 1.29 is 4.79 Å². The first-order valence-electron chi connectivity index (χ1n) is 9.21. The summed E-state index contributed by atoms with van der Waals surface area (Å²) in [4.78, 5) is 17.4. The number of carbonyl (C=O) groups is 1. The predicted octanol–water partition coefficient (Wildman–Crippen LogP) is 4.67. The van der Waals surface area contributed by atoms with Gasteiger partial charge in [-0.15, -0.1) is 0 Å². The van der Waals surface area contributed by atoms with E-state index in [1.807, 2.05) is 19.1 Å². The van der Waals surface area contributed by atoms with Gasteiger partial charge in [0.2, 0.25) is 5.91 Å². The van der Waals surface area contributed by atoms with Crippen molar-refractivity contribution in [1.29, 1.82) is 5.26 Å². The molecule has 0 radical (unpaired) electrons. The largest absolute Gasteiger partial charge is 0.337 e. The van der Waals surface area contributed by atoms with E-state index in [4.69, 9.17) is 4.98 Å². The van der Waals surface area contributed by atoms with Crippen molar-refractivity contribution in [3.8, 4) is 6.07 Å². The highest BCUT2D eigenvalue weighted by Crippen LogP contribution is 2.30. The SMILES string of the molecule is Cc1cc(SC(C)C(=O)NC2(C#N)CCCCC2)nc2c(C)cccc12. The zero-order chi connectivity index (χ0) is 18.7. The van der Waals surface area contributed by atoms with E-state index >= 15 is 0 Å². The highest BCUT2D eigenvalue weighted by atomic mass is 32.2. The van der Waals surface area contributed by atoms with Gasteiger partial charge in [-0.25, -0.2) is 4.98 Å². The van der Waals surface area contributed by atoms with Crippen molar-refractivity contribution in [2.45, 2.75) is 68.7 Å². The van der Waals surface area contributed by atoms with Crippen LogP contribution >= 0.6 is 11.8 Å². The molecule has 1 fully saturated rings. The minimum Gasteiger partial charge on any atom is -0.337 e. The van der Waals surface area contributed by atoms with Gasteiger partial charge in [0.05, 0.1) is 21.9 Å². The van der Waals surface area contributed by atoms with Crippen molar-refractivity contribution in [1.82, 2.24) is 10.3 Å². The summed E-state index contributed by atoms with van der Waals surface area (Å²) < 4.78 is 0. The molecule has 0 saturated heterocycles. The molecule has 2 aromatic rings. The van der Waals surface area contributed by atoms with E-state index in [-0.39, 0.29) is 11.2 Å². The summed E-state index contributed by atoms with van der Waals surface area (Å²) in [6, 6.07) is 10.6. The van der Waals surface area contributed by atoms with Crippen LogP contribution in [0.15, 0.2) is 29.3 Å². The number of hydrogen-bond donors (Lipinski definition) is 1. The van der Waals surface area contributed by atoms with E-state index in [0.29, 0.717) is 0 Å². The second kappa shape index (κ2) is 7.67. The lowest BCUT2D eigenvalue weighted by atomic mass is 9.83. The van der Waals surface area contributed by atoms with Gasteiger partial charge in [0.15, 0.2) is 0 Å². The fourth-order valence-electron chi connectivity index (χ4n) is 3.58. The zero-order valence-electron chi connectivity index (χ0n) is 15.6. The van der Waals surface area contributed by atoms with Crippen LogP contribution < -0.4 is 5.32 Å². The van der Waals surface area contributed by atoms with E-state index < -0.39 is 5.54 Å². The average molecular weight is 368 g/mol. The molecule has 136 valence electrons. The van der Waals surface area contributed by atoms with Gasteiger partial charge >= 0.3 is 0 Å². The van der Waals surface area contributed by atoms with Crippen molar-refractivity contribution >= 4 is 28.6 Å². The summed E-state index contributed by atoms with van der Waals surface area (Å²) in [5.41, 5.74) is 2.60. The Bertz CT molecular complexity index is 865. The number of nitriles is 1. The Morgan fingerprint density at radius 2 is 2.00 bits per heavy atom. The van der Waals surface area contributed by atoms with Crippen LogP contribution in [0, 0.1) is 25.2 Å². The molecule has 1 saturated carbocycles. The Hall–Kier alpha value is -2.06. The maximum Gasteiger partial charge on any atom is 0.234 e. The van der Waals surface area contributed by atoms with Crippen molar-refractivity contribution in [2.75, 3.05) is 0 Å². The Morgan fingerprint density at radius 3 is 2.69 bits per heavy atom. The first-order valence-corrected chi connectivity index (χ1v) is 10.1. The van der Waals surface area contributed by atoms with Gasteiger partial charge in [0.1, 0.15) is 5.54 Å². The fourth-order valence-corrected chi connectivity index (χ4v) is 4.50. The van der Waals surface area contributed by atoms with Crippen LogP contribution in [0.4, 0.5) is 0 Å². The molecule has 1 heterocycles. The molecule has 0 aliphatic heterocycles. The molecule has 1 atom stereocenters. The molecule has 26 heavy (non-hydrogen) atoms. The molecule has 1 N–H and O–H groups in total. The fraction of sp³-hybridized carbons (Fsp3) is 0.476. The molecule has 1 aromatic heterocycles. The Balaban J connectivity index is 1.76. The minimum absolute atomic E-state index is 0.0808. The highest BCUT2D eigenvalue weighted by molar-refractivity contribution is 8.00. The van der Waals surface area contributed by atoms with Gasteiger partial charge in [-0.2, -0.15) is 5.26 Å². The summed E-state index contributed by atoms with van der Waals surface area (Å²) in [6.07, 6.45) is 4.64. The van der Waals surface area contributed by atoms with Gasteiger partial charge in [-0.1, -0.05) is 49.2 Å². The minimum atomic E-state index is -0.687. The van der Waals surface area contributed by atoms with E-state index in [2.05, 4.69) is 37.4 Å². The first-order chi connectivity index (χ1) is 12.4. The van der Waals surface area contributed by atoms with Gasteiger partial charge in [0.25, 0.3) is 0 Å². The number of aryl methyl sites for hydroxylation is 2. The average Bonchev–Trinajstić information content (AvgIpc) is 2.63. The summed E-state index contributed by atoms with van der Waals surface area (Å²) >= 11 is 1.45. The highest BCUT2D eigenvalue weighted by Gasteiger charge is 2.34. The normalized spacial score (nSPS) is 17.5. The smallest absolute Gasteiger partial charge is 0.234 e. The number of rotatable bonds is 4. The standard InChI is InChI=1S/C21H25N3OS/c1-14-8-7-9-17-15(2)12-18(23-19(14)17)26-16(3)20(25)24-21(13-22)10-5-4-6-11-21/h7-9,12,16H,4-6,10-11H2,1-3H3,(H,24,25). The van der Waals surface area contributed by atoms with Crippen LogP contribution in [0.1, 0.15) is 50.2 Å². The third-order valence-electron chi connectivity index (χ3n) is 5.17. The van der Waals surface area contributed by atoms with Crippen LogP contribution in [0.5, 0.6) is 0 Å². The number of aromatic nitrogens is 1. The van der Waals surface area contributed by atoms with E-state index in [9.17, 15) is 10.1 Å². The molecule has 0 spiro atoms. The lowest BCUT2D eigenvalue weighted by Gasteiger charge is -2.32. The van der Waals surface area contributed by atoms with E-state index in [0.717, 1.165) is 59.2 Å². The van der Waals surface area contributed by atoms with E-state index in [1.165, 1.54) is 11.8 Å². The number of nitrogens with one attached hydrogen (secondary N) is 1. The van der Waals surface area contributed by atoms with Gasteiger partial charge in [-0.05, 0) is 50.8 Å². The Kier molecular flexibility index (Phi) is 5.52. The summed E-state index contributed by atoms with van der Waals surface area (Å²) in [5.74, 6) is -0.0808. The number of pyridine rings is 1. The first kappa shape index (κ1) is 18.7. The third-order valence-corrected chi connectivity index (χ3v) is 6.19. The Labute approximate surface area is 159 Å². The van der Waals surface area contributed by atoms with Crippen LogP contribution in [-0.4, -0.2) is 21.7 Å². The topological polar surface area (TPSA) is 65.8 Å². The van der Waals surface area contributed by atoms with Crippen LogP contribution in [0.2, 0.25) is 0 Å². The molecular weight excluding hydrogens is 342 g/mol. The number of fused-ring (bicyclic) bond motifs is 1. The van der Waals surface area contributed by atoms with Crippen molar-refractivity contribution in [2.24, 2.45) is 0 Å². The number of amides is 1. The van der Waals surface area contributed by atoms with Gasteiger partial charge in [-0.3, -0.25) is 4.79 Å². The summed E-state index contributed by atoms with van der Waals surface area (Å²) in [5, 5.41) is 14.3. The second-order valence-electron chi connectivity index (χ2n) is 7.25.